The molecule has 2 atom stereocenters. The molecule has 0 radical (unpaired) electrons. The number of alkyl halides is 2. The number of carbonyl (C=O) groups is 4. The summed E-state index contributed by atoms with van der Waals surface area (Å²) in [6.07, 6.45) is 9.64. The van der Waals surface area contributed by atoms with E-state index in [1.54, 1.807) is 18.2 Å². The molecule has 2 unspecified atom stereocenters. The minimum Gasteiger partial charge on any atom is -0.489 e. The van der Waals surface area contributed by atoms with Gasteiger partial charge in [-0.3, -0.25) is 24.5 Å². The lowest BCUT2D eigenvalue weighted by atomic mass is 9.92. The molecule has 7 rings (SSSR count). The van der Waals surface area contributed by atoms with Crippen LogP contribution in [0.2, 0.25) is 0 Å². The van der Waals surface area contributed by atoms with Gasteiger partial charge in [0.1, 0.15) is 11.8 Å². The zero-order valence-corrected chi connectivity index (χ0v) is 34.6. The Balaban J connectivity index is 0.832. The average molecular weight is 845 g/mol. The molecular formula is C45H54F2N6O6S. The SMILES string of the molecule is Nc1ccc2c(-c3cccc(C(N)S)c3)cn(C3CCC(F)(F)CC3)c2c1OCCCCCCCCCNC(=O)COc1cccc2c1CN(C1CCC(=O)NC1=O)C2=O. The van der Waals surface area contributed by atoms with Crippen molar-refractivity contribution in [1.29, 1.82) is 0 Å². The van der Waals surface area contributed by atoms with Gasteiger partial charge in [0.25, 0.3) is 11.8 Å². The molecule has 3 aliphatic rings. The molecule has 15 heteroatoms. The van der Waals surface area contributed by atoms with E-state index in [0.29, 0.717) is 54.3 Å². The van der Waals surface area contributed by atoms with Gasteiger partial charge in [-0.15, -0.1) is 0 Å². The zero-order chi connectivity index (χ0) is 42.4. The first-order chi connectivity index (χ1) is 28.9. The second-order valence-electron chi connectivity index (χ2n) is 16.1. The maximum atomic E-state index is 14.2. The third-order valence-corrected chi connectivity index (χ3v) is 12.2. The Kier molecular flexibility index (Phi) is 13.6. The lowest BCUT2D eigenvalue weighted by Crippen LogP contribution is -2.52. The van der Waals surface area contributed by atoms with E-state index in [1.807, 2.05) is 42.6 Å². The molecule has 6 N–H and O–H groups in total. The minimum atomic E-state index is -2.65. The number of hydrogen-bond donors (Lipinski definition) is 5. The van der Waals surface area contributed by atoms with Crippen LogP contribution in [0.15, 0.2) is 60.8 Å². The number of nitrogens with zero attached hydrogens (tertiary/aromatic N) is 2. The van der Waals surface area contributed by atoms with Crippen molar-refractivity contribution in [2.75, 3.05) is 25.5 Å². The van der Waals surface area contributed by atoms with Gasteiger partial charge in [-0.2, -0.15) is 12.6 Å². The summed E-state index contributed by atoms with van der Waals surface area (Å²) >= 11 is 4.42. The number of hydrogen-bond acceptors (Lipinski definition) is 9. The number of unbranched alkanes of at least 4 members (excludes halogenated alkanes) is 6. The number of nitrogens with two attached hydrogens (primary N) is 2. The molecule has 0 bridgehead atoms. The fourth-order valence-corrected chi connectivity index (χ4v) is 8.76. The molecule has 1 saturated carbocycles. The Labute approximate surface area is 354 Å². The van der Waals surface area contributed by atoms with Gasteiger partial charge < -0.3 is 35.7 Å². The number of nitrogen functional groups attached to an aromatic ring is 1. The number of fused-ring (bicyclic) bond motifs is 2. The highest BCUT2D eigenvalue weighted by molar-refractivity contribution is 7.80. The van der Waals surface area contributed by atoms with Crippen LogP contribution in [0.5, 0.6) is 11.5 Å². The number of rotatable bonds is 18. The van der Waals surface area contributed by atoms with Crippen molar-refractivity contribution in [3.8, 4) is 22.6 Å². The second-order valence-corrected chi connectivity index (χ2v) is 16.7. The molecule has 60 heavy (non-hydrogen) atoms. The largest absolute Gasteiger partial charge is 0.489 e. The molecule has 1 aliphatic carbocycles. The minimum absolute atomic E-state index is 0.105. The standard InChI is InChI=1S/C45H54F2N6O6S/c46-45(47)20-18-30(19-21-45)52-25-33(28-10-8-11-29(24-28)42(49)60)31-14-15-35(48)41(40(31)52)58-23-7-5-3-1-2-4-6-22-50-39(55)27-59-37-13-9-12-32-34(37)26-53(44(32)57)36-16-17-38(54)51-43(36)56/h8-15,24-25,30,36,42,60H,1-7,16-23,26-27,48-49H2,(H,50,55)(H,51,54,56). The van der Waals surface area contributed by atoms with E-state index in [2.05, 4.69) is 27.8 Å². The molecule has 4 aromatic rings. The van der Waals surface area contributed by atoms with Gasteiger partial charge in [-0.05, 0) is 73.6 Å². The third kappa shape index (κ3) is 9.89. The lowest BCUT2D eigenvalue weighted by Gasteiger charge is -2.30. The summed E-state index contributed by atoms with van der Waals surface area (Å²) in [6.45, 7) is 0.976. The Morgan fingerprint density at radius 2 is 1.67 bits per heavy atom. The topological polar surface area (TPSA) is 171 Å². The summed E-state index contributed by atoms with van der Waals surface area (Å²) in [6, 6.07) is 16.0. The van der Waals surface area contributed by atoms with Crippen LogP contribution in [0.25, 0.3) is 22.0 Å². The maximum Gasteiger partial charge on any atom is 0.257 e. The quantitative estimate of drug-likeness (QED) is 0.0224. The molecule has 2 aliphatic heterocycles. The molecule has 0 spiro atoms. The van der Waals surface area contributed by atoms with Crippen molar-refractivity contribution in [2.24, 2.45) is 5.73 Å². The zero-order valence-electron chi connectivity index (χ0n) is 33.7. The predicted octanol–water partition coefficient (Wildman–Crippen LogP) is 7.59. The molecule has 12 nitrogen and oxygen atoms in total. The van der Waals surface area contributed by atoms with E-state index in [1.165, 1.54) is 4.90 Å². The van der Waals surface area contributed by atoms with Crippen LogP contribution in [0.4, 0.5) is 14.5 Å². The number of imide groups is 1. The highest BCUT2D eigenvalue weighted by Crippen LogP contribution is 2.45. The first-order valence-corrected chi connectivity index (χ1v) is 21.6. The van der Waals surface area contributed by atoms with E-state index in [4.69, 9.17) is 20.9 Å². The smallest absolute Gasteiger partial charge is 0.257 e. The van der Waals surface area contributed by atoms with Crippen LogP contribution in [0.3, 0.4) is 0 Å². The lowest BCUT2D eigenvalue weighted by molar-refractivity contribution is -0.137. The number of aromatic nitrogens is 1. The van der Waals surface area contributed by atoms with Crippen LogP contribution in [0.1, 0.15) is 116 Å². The van der Waals surface area contributed by atoms with E-state index in [-0.39, 0.29) is 62.6 Å². The van der Waals surface area contributed by atoms with E-state index >= 15 is 0 Å². The normalized spacial score (nSPS) is 18.4. The van der Waals surface area contributed by atoms with Gasteiger partial charge in [0.15, 0.2) is 12.4 Å². The highest BCUT2D eigenvalue weighted by Gasteiger charge is 2.40. The molecule has 320 valence electrons. The van der Waals surface area contributed by atoms with Crippen LogP contribution < -0.4 is 31.6 Å². The van der Waals surface area contributed by atoms with Gasteiger partial charge in [-0.25, -0.2) is 8.78 Å². The van der Waals surface area contributed by atoms with Crippen molar-refractivity contribution in [2.45, 2.75) is 113 Å². The van der Waals surface area contributed by atoms with Crippen molar-refractivity contribution >= 4 is 52.8 Å². The summed E-state index contributed by atoms with van der Waals surface area (Å²) < 4.78 is 42.7. The summed E-state index contributed by atoms with van der Waals surface area (Å²) in [4.78, 5) is 51.0. The van der Waals surface area contributed by atoms with Crippen molar-refractivity contribution in [1.82, 2.24) is 20.1 Å². The Bertz CT molecular complexity index is 2220. The third-order valence-electron chi connectivity index (χ3n) is 11.9. The van der Waals surface area contributed by atoms with Crippen LogP contribution in [-0.2, 0) is 20.9 Å². The molecule has 4 amide bonds. The summed E-state index contributed by atoms with van der Waals surface area (Å²) in [7, 11) is 0. The predicted molar refractivity (Wildman–Crippen MR) is 229 cm³/mol. The summed E-state index contributed by atoms with van der Waals surface area (Å²) in [5.41, 5.74) is 17.8. The number of anilines is 1. The maximum absolute atomic E-state index is 14.2. The van der Waals surface area contributed by atoms with Crippen LogP contribution >= 0.6 is 12.6 Å². The number of carbonyl (C=O) groups excluding carboxylic acids is 4. The second kappa shape index (κ2) is 19.1. The number of piperidine rings is 1. The van der Waals surface area contributed by atoms with E-state index in [9.17, 15) is 28.0 Å². The van der Waals surface area contributed by atoms with Gasteiger partial charge in [-0.1, -0.05) is 56.4 Å². The molecule has 3 heterocycles. The highest BCUT2D eigenvalue weighted by atomic mass is 32.1. The van der Waals surface area contributed by atoms with Crippen LogP contribution in [-0.4, -0.2) is 64.8 Å². The number of halogens is 2. The molecule has 1 aromatic heterocycles. The van der Waals surface area contributed by atoms with Crippen molar-refractivity contribution in [3.63, 3.8) is 0 Å². The number of benzene rings is 3. The fourth-order valence-electron chi connectivity index (χ4n) is 8.60. The molecular weight excluding hydrogens is 791 g/mol. The van der Waals surface area contributed by atoms with Gasteiger partial charge in [0, 0.05) is 60.1 Å². The monoisotopic (exact) mass is 844 g/mol. The average Bonchev–Trinajstić information content (AvgIpc) is 3.78. The fraction of sp³-hybridized carbons (Fsp3) is 0.467. The first-order valence-electron chi connectivity index (χ1n) is 21.0. The van der Waals surface area contributed by atoms with Gasteiger partial charge in [0.2, 0.25) is 17.7 Å². The number of ether oxygens (including phenoxy) is 2. The van der Waals surface area contributed by atoms with Crippen molar-refractivity contribution in [3.05, 3.63) is 77.5 Å². The summed E-state index contributed by atoms with van der Waals surface area (Å²) in [5, 5.41) is 5.71. The molecule has 3 aromatic carbocycles. The summed E-state index contributed by atoms with van der Waals surface area (Å²) in [5.74, 6) is -3.01. The van der Waals surface area contributed by atoms with Crippen LogP contribution in [0, 0.1) is 0 Å². The first kappa shape index (κ1) is 43.0. The van der Waals surface area contributed by atoms with Gasteiger partial charge in [0.05, 0.1) is 29.7 Å². The Morgan fingerprint density at radius 3 is 2.42 bits per heavy atom. The Morgan fingerprint density at radius 1 is 0.933 bits per heavy atom. The molecule has 2 fully saturated rings. The number of nitrogens with one attached hydrogen (secondary N) is 2. The van der Waals surface area contributed by atoms with Gasteiger partial charge >= 0.3 is 0 Å². The number of thiol groups is 1. The Hall–Kier alpha value is -5.15. The van der Waals surface area contributed by atoms with E-state index < -0.39 is 23.2 Å². The van der Waals surface area contributed by atoms with Crippen molar-refractivity contribution < 1.29 is 37.4 Å². The number of amides is 4. The molecule has 1 saturated heterocycles. The van der Waals surface area contributed by atoms with E-state index in [0.717, 1.165) is 72.5 Å².